The first-order valence-electron chi connectivity index (χ1n) is 21.7. The van der Waals surface area contributed by atoms with Gasteiger partial charge in [-0.05, 0) is 52.8 Å². The van der Waals surface area contributed by atoms with Gasteiger partial charge in [0.05, 0.1) is 30.2 Å². The number of unbranched alkanes of at least 4 members (excludes halogenated alkanes) is 2. The number of para-hydroxylation sites is 2. The fraction of sp³-hybridized carbons (Fsp3) is 0.226. The number of carbonyl (C=O) groups excluding carboxylic acids is 2. The highest BCUT2D eigenvalue weighted by Crippen LogP contribution is 2.41. The Kier molecular flexibility index (Phi) is 15.0. The van der Waals surface area contributed by atoms with E-state index in [4.69, 9.17) is 24.6 Å². The Morgan fingerprint density at radius 1 is 0.688 bits per heavy atom. The fourth-order valence-corrected chi connectivity index (χ4v) is 8.60. The fourth-order valence-electron chi connectivity index (χ4n) is 7.76. The highest BCUT2D eigenvalue weighted by molar-refractivity contribution is 7.99. The predicted molar refractivity (Wildman–Crippen MR) is 253 cm³/mol. The monoisotopic (exact) mass is 872 g/mol. The summed E-state index contributed by atoms with van der Waals surface area (Å²) >= 11 is 1.53. The maximum Gasteiger partial charge on any atom is 0.256 e. The smallest absolute Gasteiger partial charge is 0.256 e. The summed E-state index contributed by atoms with van der Waals surface area (Å²) in [7, 11) is 0. The standard InChI is InChI=1S/C53H52N4O6S/c54-45-20-12-13-21-46(45)56-49(60)23-9-3-8-22-48(59)55-33-42-18-10-11-19-44(42)37-28-30-41(31-29-37)52-61-43(32-47(62-52)38-26-24-36(34-58)25-27-38)35-64-53-57-50(39-14-4-1-5-15-39)51(63-53)40-16-6-2-7-17-40/h1-2,4-7,10-21,24-31,43,47,52,58H,3,8-9,22-23,32-35,54H2,(H,55,59)(H,56,60)/t43-,47+,52+/m1/s1. The van der Waals surface area contributed by atoms with Crippen molar-refractivity contribution in [3.8, 4) is 33.7 Å². The van der Waals surface area contributed by atoms with E-state index in [1.54, 1.807) is 12.1 Å². The lowest BCUT2D eigenvalue weighted by molar-refractivity contribution is -0.245. The van der Waals surface area contributed by atoms with E-state index in [9.17, 15) is 14.7 Å². The molecule has 1 aliphatic rings. The molecule has 0 spiro atoms. The number of thioether (sulfide) groups is 1. The van der Waals surface area contributed by atoms with Crippen LogP contribution in [0.2, 0.25) is 0 Å². The number of nitrogen functional groups attached to an aromatic ring is 1. The third-order valence-electron chi connectivity index (χ3n) is 11.2. The minimum atomic E-state index is -0.633. The molecule has 2 amide bonds. The molecule has 1 saturated heterocycles. The molecule has 7 aromatic rings. The van der Waals surface area contributed by atoms with Gasteiger partial charge in [-0.1, -0.05) is 164 Å². The number of aliphatic hydroxyl groups is 1. The van der Waals surface area contributed by atoms with Crippen LogP contribution in [0.1, 0.15) is 73.2 Å². The minimum Gasteiger partial charge on any atom is -0.431 e. The van der Waals surface area contributed by atoms with E-state index in [1.807, 2.05) is 127 Å². The molecule has 64 heavy (non-hydrogen) atoms. The van der Waals surface area contributed by atoms with E-state index in [0.29, 0.717) is 61.0 Å². The van der Waals surface area contributed by atoms with E-state index in [2.05, 4.69) is 28.8 Å². The maximum absolute atomic E-state index is 12.9. The Morgan fingerprint density at radius 3 is 2.08 bits per heavy atom. The molecule has 8 rings (SSSR count). The molecule has 1 fully saturated rings. The van der Waals surface area contributed by atoms with Crippen LogP contribution in [0.3, 0.4) is 0 Å². The molecule has 2 heterocycles. The zero-order valence-corrected chi connectivity index (χ0v) is 36.3. The highest BCUT2D eigenvalue weighted by atomic mass is 32.2. The summed E-state index contributed by atoms with van der Waals surface area (Å²) in [4.78, 5) is 30.2. The van der Waals surface area contributed by atoms with E-state index in [1.165, 1.54) is 11.8 Å². The molecule has 0 bridgehead atoms. The number of nitrogens with two attached hydrogens (primary N) is 1. The average molecular weight is 873 g/mol. The molecule has 5 N–H and O–H groups in total. The second kappa shape index (κ2) is 21.7. The average Bonchev–Trinajstić information content (AvgIpc) is 3.78. The number of hydrogen-bond donors (Lipinski definition) is 4. The molecular weight excluding hydrogens is 821 g/mol. The van der Waals surface area contributed by atoms with Crippen molar-refractivity contribution >= 4 is 35.0 Å². The van der Waals surface area contributed by atoms with Gasteiger partial charge < -0.3 is 35.4 Å². The van der Waals surface area contributed by atoms with Crippen LogP contribution >= 0.6 is 11.8 Å². The molecule has 326 valence electrons. The second-order valence-electron chi connectivity index (χ2n) is 15.8. The van der Waals surface area contributed by atoms with Crippen LogP contribution < -0.4 is 16.4 Å². The van der Waals surface area contributed by atoms with E-state index >= 15 is 0 Å². The normalized spacial score (nSPS) is 16.0. The minimum absolute atomic E-state index is 0.0253. The Morgan fingerprint density at radius 2 is 1.34 bits per heavy atom. The lowest BCUT2D eigenvalue weighted by Crippen LogP contribution is -2.31. The molecule has 1 aliphatic heterocycles. The third kappa shape index (κ3) is 11.5. The summed E-state index contributed by atoms with van der Waals surface area (Å²) in [5, 5.41) is 16.2. The highest BCUT2D eigenvalue weighted by Gasteiger charge is 2.33. The van der Waals surface area contributed by atoms with Crippen LogP contribution in [-0.2, 0) is 32.2 Å². The van der Waals surface area contributed by atoms with E-state index < -0.39 is 6.29 Å². The van der Waals surface area contributed by atoms with Gasteiger partial charge in [0.2, 0.25) is 11.8 Å². The Bertz CT molecular complexity index is 2550. The van der Waals surface area contributed by atoms with Crippen molar-refractivity contribution < 1.29 is 28.6 Å². The first-order chi connectivity index (χ1) is 31.4. The summed E-state index contributed by atoms with van der Waals surface area (Å²) in [6.07, 6.45) is 2.46. The van der Waals surface area contributed by atoms with Gasteiger partial charge in [-0.25, -0.2) is 4.98 Å². The van der Waals surface area contributed by atoms with Crippen molar-refractivity contribution in [1.82, 2.24) is 10.3 Å². The lowest BCUT2D eigenvalue weighted by Gasteiger charge is -2.36. The molecule has 6 aromatic carbocycles. The Labute approximate surface area is 378 Å². The number of rotatable bonds is 18. The number of amides is 2. The van der Waals surface area contributed by atoms with Crippen LogP contribution in [0, 0.1) is 0 Å². The van der Waals surface area contributed by atoms with Gasteiger partial charge in [0, 0.05) is 48.3 Å². The Balaban J connectivity index is 0.900. The zero-order chi connectivity index (χ0) is 44.1. The lowest BCUT2D eigenvalue weighted by atomic mass is 9.97. The van der Waals surface area contributed by atoms with Crippen LogP contribution in [0.4, 0.5) is 11.4 Å². The molecule has 0 aliphatic carbocycles. The van der Waals surface area contributed by atoms with Gasteiger partial charge in [-0.15, -0.1) is 0 Å². The molecule has 3 atom stereocenters. The number of aliphatic hydroxyl groups excluding tert-OH is 1. The summed E-state index contributed by atoms with van der Waals surface area (Å²) < 4.78 is 19.8. The zero-order valence-electron chi connectivity index (χ0n) is 35.5. The molecule has 0 saturated carbocycles. The van der Waals surface area contributed by atoms with Gasteiger partial charge in [-0.2, -0.15) is 0 Å². The van der Waals surface area contributed by atoms with Crippen molar-refractivity contribution in [1.29, 1.82) is 0 Å². The summed E-state index contributed by atoms with van der Waals surface area (Å²) in [6, 6.07) is 51.5. The van der Waals surface area contributed by atoms with Crippen molar-refractivity contribution in [2.75, 3.05) is 16.8 Å². The number of carbonyl (C=O) groups is 2. The number of oxazole rings is 1. The molecule has 0 unspecified atom stereocenters. The first-order valence-corrected chi connectivity index (χ1v) is 22.7. The quantitative estimate of drug-likeness (QED) is 0.0375. The summed E-state index contributed by atoms with van der Waals surface area (Å²) in [6.45, 7) is 0.368. The van der Waals surface area contributed by atoms with Crippen LogP contribution in [-0.4, -0.2) is 33.8 Å². The summed E-state index contributed by atoms with van der Waals surface area (Å²) in [5.41, 5.74) is 15.6. The SMILES string of the molecule is Nc1ccccc1NC(=O)CCCCCC(=O)NCc1ccccc1-c1ccc([C@H]2O[C@@H](CSc3nc(-c4ccccc4)c(-c4ccccc4)o3)C[C@@H](c3ccc(CO)cc3)O2)cc1. The van der Waals surface area contributed by atoms with Gasteiger partial charge in [0.25, 0.3) is 5.22 Å². The summed E-state index contributed by atoms with van der Waals surface area (Å²) in [5.74, 6) is 1.21. The molecule has 10 nitrogen and oxygen atoms in total. The van der Waals surface area contributed by atoms with Gasteiger partial charge in [0.15, 0.2) is 12.1 Å². The van der Waals surface area contributed by atoms with Gasteiger partial charge in [0.1, 0.15) is 5.69 Å². The Hall–Kier alpha value is -6.50. The predicted octanol–water partition coefficient (Wildman–Crippen LogP) is 11.3. The van der Waals surface area contributed by atoms with Crippen LogP contribution in [0.5, 0.6) is 0 Å². The molecular formula is C53H52N4O6S. The number of nitrogens with zero attached hydrogens (tertiary/aromatic N) is 1. The van der Waals surface area contributed by atoms with Crippen molar-refractivity contribution in [3.05, 3.63) is 180 Å². The van der Waals surface area contributed by atoms with Crippen molar-refractivity contribution in [3.63, 3.8) is 0 Å². The first kappa shape index (κ1) is 44.1. The number of hydrogen-bond acceptors (Lipinski definition) is 9. The number of aromatic nitrogens is 1. The second-order valence-corrected chi connectivity index (χ2v) is 16.8. The van der Waals surface area contributed by atoms with Crippen LogP contribution in [0.25, 0.3) is 33.7 Å². The molecule has 11 heteroatoms. The van der Waals surface area contributed by atoms with Crippen LogP contribution in [0.15, 0.2) is 167 Å². The third-order valence-corrected chi connectivity index (χ3v) is 12.2. The van der Waals surface area contributed by atoms with Gasteiger partial charge in [-0.3, -0.25) is 9.59 Å². The number of nitrogens with one attached hydrogen (secondary N) is 2. The van der Waals surface area contributed by atoms with Gasteiger partial charge >= 0.3 is 0 Å². The maximum atomic E-state index is 12.9. The van der Waals surface area contributed by atoms with Crippen molar-refractivity contribution in [2.45, 2.75) is 75.4 Å². The largest absolute Gasteiger partial charge is 0.431 e. The topological polar surface area (TPSA) is 149 Å². The molecule has 0 radical (unpaired) electrons. The number of anilines is 2. The molecule has 1 aromatic heterocycles. The van der Waals surface area contributed by atoms with E-state index in [0.717, 1.165) is 62.4 Å². The number of benzene rings is 6. The number of ether oxygens (including phenoxy) is 2. The van der Waals surface area contributed by atoms with Crippen molar-refractivity contribution in [2.24, 2.45) is 0 Å². The van der Waals surface area contributed by atoms with E-state index in [-0.39, 0.29) is 30.6 Å².